The lowest BCUT2D eigenvalue weighted by molar-refractivity contribution is -0.122. The normalized spacial score (nSPS) is 10.9. The van der Waals surface area contributed by atoms with Crippen molar-refractivity contribution in [1.29, 1.82) is 0 Å². The molecule has 0 aliphatic heterocycles. The highest BCUT2D eigenvalue weighted by Crippen LogP contribution is 2.26. The average Bonchev–Trinajstić information content (AvgIpc) is 3.08. The van der Waals surface area contributed by atoms with Crippen LogP contribution < -0.4 is 15.6 Å². The van der Waals surface area contributed by atoms with E-state index >= 15 is 0 Å². The van der Waals surface area contributed by atoms with Crippen molar-refractivity contribution in [3.63, 3.8) is 0 Å². The number of para-hydroxylation sites is 1. The van der Waals surface area contributed by atoms with E-state index in [4.69, 9.17) is 4.74 Å². The zero-order valence-corrected chi connectivity index (χ0v) is 17.3. The zero-order chi connectivity index (χ0) is 20.1. The highest BCUT2D eigenvalue weighted by molar-refractivity contribution is 9.10. The van der Waals surface area contributed by atoms with Crippen LogP contribution in [0.1, 0.15) is 24.2 Å². The Morgan fingerprint density at radius 2 is 1.89 bits per heavy atom. The molecular weight excluding hydrogens is 422 g/mol. The van der Waals surface area contributed by atoms with Crippen molar-refractivity contribution < 1.29 is 14.3 Å². The van der Waals surface area contributed by atoms with E-state index in [0.29, 0.717) is 28.3 Å². The van der Waals surface area contributed by atoms with Gasteiger partial charge in [0, 0.05) is 17.3 Å². The van der Waals surface area contributed by atoms with E-state index in [2.05, 4.69) is 40.6 Å². The molecule has 1 heterocycles. The number of fused-ring (bicyclic) bond motifs is 1. The maximum Gasteiger partial charge on any atom is 0.269 e. The van der Waals surface area contributed by atoms with Gasteiger partial charge in [0.1, 0.15) is 12.3 Å². The fraction of sp³-hybridized carbons (Fsp3) is 0.238. The van der Waals surface area contributed by atoms with Gasteiger partial charge >= 0.3 is 0 Å². The zero-order valence-electron chi connectivity index (χ0n) is 15.7. The predicted molar refractivity (Wildman–Crippen MR) is 112 cm³/mol. The summed E-state index contributed by atoms with van der Waals surface area (Å²) in [6.45, 7) is 4.83. The quantitative estimate of drug-likeness (QED) is 0.567. The Kier molecular flexibility index (Phi) is 6.36. The third-order valence-electron chi connectivity index (χ3n) is 4.08. The van der Waals surface area contributed by atoms with E-state index in [1.807, 2.05) is 41.1 Å². The number of hydrogen-bond donors (Lipinski definition) is 2. The molecule has 146 valence electrons. The van der Waals surface area contributed by atoms with Crippen molar-refractivity contribution in [2.75, 3.05) is 6.61 Å². The summed E-state index contributed by atoms with van der Waals surface area (Å²) >= 11 is 3.41. The number of benzene rings is 2. The molecule has 2 aromatic carbocycles. The number of rotatable bonds is 6. The second-order valence-electron chi connectivity index (χ2n) is 6.85. The van der Waals surface area contributed by atoms with Gasteiger partial charge in [-0.1, -0.05) is 32.0 Å². The van der Waals surface area contributed by atoms with Gasteiger partial charge in [0.15, 0.2) is 0 Å². The van der Waals surface area contributed by atoms with Crippen molar-refractivity contribution in [2.45, 2.75) is 20.4 Å². The first-order chi connectivity index (χ1) is 13.4. The fourth-order valence-electron chi connectivity index (χ4n) is 2.69. The first-order valence-electron chi connectivity index (χ1n) is 8.99. The third kappa shape index (κ3) is 4.92. The minimum absolute atomic E-state index is 0.111. The Morgan fingerprint density at radius 1 is 1.11 bits per heavy atom. The van der Waals surface area contributed by atoms with Crippen LogP contribution in [0.4, 0.5) is 0 Å². The number of carbonyl (C=O) groups excluding carboxylic acids is 2. The molecule has 0 atom stereocenters. The summed E-state index contributed by atoms with van der Waals surface area (Å²) in [7, 11) is 0. The SMILES string of the molecule is CC(C)COc1ccc(C(=O)NNC(=O)Cn2ccc3ccccc32)cc1Br. The molecule has 0 saturated carbocycles. The predicted octanol–water partition coefficient (Wildman–Crippen LogP) is 3.90. The van der Waals surface area contributed by atoms with Gasteiger partial charge in [0.05, 0.1) is 11.1 Å². The van der Waals surface area contributed by atoms with Gasteiger partial charge in [0.25, 0.3) is 11.8 Å². The second-order valence-corrected chi connectivity index (χ2v) is 7.71. The van der Waals surface area contributed by atoms with Gasteiger partial charge in [-0.3, -0.25) is 20.4 Å². The molecule has 0 radical (unpaired) electrons. The first kappa shape index (κ1) is 19.9. The Bertz CT molecular complexity index is 997. The highest BCUT2D eigenvalue weighted by atomic mass is 79.9. The van der Waals surface area contributed by atoms with Crippen molar-refractivity contribution in [3.8, 4) is 5.75 Å². The number of aromatic nitrogens is 1. The second kappa shape index (κ2) is 8.93. The largest absolute Gasteiger partial charge is 0.492 e. The van der Waals surface area contributed by atoms with Crippen LogP contribution in [0.15, 0.2) is 59.2 Å². The van der Waals surface area contributed by atoms with Crippen LogP contribution >= 0.6 is 15.9 Å². The number of hydrazine groups is 1. The summed E-state index contributed by atoms with van der Waals surface area (Å²) in [5.41, 5.74) is 6.27. The molecule has 1 aromatic heterocycles. The van der Waals surface area contributed by atoms with E-state index in [-0.39, 0.29) is 12.5 Å². The average molecular weight is 444 g/mol. The van der Waals surface area contributed by atoms with Gasteiger partial charge < -0.3 is 9.30 Å². The number of carbonyl (C=O) groups is 2. The van der Waals surface area contributed by atoms with Crippen molar-refractivity contribution in [3.05, 3.63) is 64.8 Å². The molecule has 2 N–H and O–H groups in total. The monoisotopic (exact) mass is 443 g/mol. The van der Waals surface area contributed by atoms with E-state index in [0.717, 1.165) is 10.9 Å². The van der Waals surface area contributed by atoms with Crippen molar-refractivity contribution in [2.24, 2.45) is 5.92 Å². The van der Waals surface area contributed by atoms with Crippen LogP contribution in [0.25, 0.3) is 10.9 Å². The van der Waals surface area contributed by atoms with Crippen LogP contribution in [-0.4, -0.2) is 23.0 Å². The highest BCUT2D eigenvalue weighted by Gasteiger charge is 2.12. The van der Waals surface area contributed by atoms with Gasteiger partial charge in [-0.15, -0.1) is 0 Å². The van der Waals surface area contributed by atoms with E-state index in [1.54, 1.807) is 18.2 Å². The number of ether oxygens (including phenoxy) is 1. The van der Waals surface area contributed by atoms with Crippen LogP contribution in [-0.2, 0) is 11.3 Å². The smallest absolute Gasteiger partial charge is 0.269 e. The molecule has 3 rings (SSSR count). The lowest BCUT2D eigenvalue weighted by Crippen LogP contribution is -2.43. The maximum atomic E-state index is 12.3. The fourth-order valence-corrected chi connectivity index (χ4v) is 3.18. The molecule has 0 fully saturated rings. The van der Waals surface area contributed by atoms with Gasteiger partial charge in [-0.25, -0.2) is 0 Å². The Labute approximate surface area is 172 Å². The van der Waals surface area contributed by atoms with E-state index in [9.17, 15) is 9.59 Å². The standard InChI is InChI=1S/C21H22BrN3O3/c1-14(2)13-28-19-8-7-16(11-17(19)22)21(27)24-23-20(26)12-25-10-9-15-5-3-4-6-18(15)25/h3-11,14H,12-13H2,1-2H3,(H,23,26)(H,24,27). The first-order valence-corrected chi connectivity index (χ1v) is 9.78. The van der Waals surface area contributed by atoms with Gasteiger partial charge in [-0.05, 0) is 57.6 Å². The maximum absolute atomic E-state index is 12.3. The molecule has 0 bridgehead atoms. The summed E-state index contributed by atoms with van der Waals surface area (Å²) in [6.07, 6.45) is 1.85. The minimum Gasteiger partial charge on any atom is -0.492 e. The van der Waals surface area contributed by atoms with Gasteiger partial charge in [-0.2, -0.15) is 0 Å². The van der Waals surface area contributed by atoms with Crippen LogP contribution in [0.2, 0.25) is 0 Å². The number of hydrogen-bond acceptors (Lipinski definition) is 3. The summed E-state index contributed by atoms with van der Waals surface area (Å²) in [5, 5.41) is 1.06. The Balaban J connectivity index is 1.56. The summed E-state index contributed by atoms with van der Waals surface area (Å²) < 4.78 is 8.19. The van der Waals surface area contributed by atoms with E-state index < -0.39 is 5.91 Å². The summed E-state index contributed by atoms with van der Waals surface area (Å²) in [6, 6.07) is 14.8. The Hall–Kier alpha value is -2.80. The molecule has 0 aliphatic rings. The van der Waals surface area contributed by atoms with E-state index in [1.165, 1.54) is 0 Å². The molecule has 0 aliphatic carbocycles. The molecular formula is C21H22BrN3O3. The molecule has 2 amide bonds. The van der Waals surface area contributed by atoms with Gasteiger partial charge in [0.2, 0.25) is 0 Å². The molecule has 0 unspecified atom stereocenters. The molecule has 6 nitrogen and oxygen atoms in total. The third-order valence-corrected chi connectivity index (χ3v) is 4.70. The molecule has 28 heavy (non-hydrogen) atoms. The Morgan fingerprint density at radius 3 is 2.64 bits per heavy atom. The topological polar surface area (TPSA) is 72.4 Å². The number of nitrogens with one attached hydrogen (secondary N) is 2. The summed E-state index contributed by atoms with van der Waals surface area (Å²) in [5.74, 6) is 0.365. The van der Waals surface area contributed by atoms with Crippen LogP contribution in [0, 0.1) is 5.92 Å². The molecule has 7 heteroatoms. The molecule has 0 spiro atoms. The molecule has 3 aromatic rings. The number of halogens is 1. The number of amides is 2. The van der Waals surface area contributed by atoms with Crippen molar-refractivity contribution in [1.82, 2.24) is 15.4 Å². The number of nitrogens with zero attached hydrogens (tertiary/aromatic N) is 1. The minimum atomic E-state index is -0.401. The lowest BCUT2D eigenvalue weighted by atomic mass is 10.2. The summed E-state index contributed by atoms with van der Waals surface area (Å²) in [4.78, 5) is 24.5. The van der Waals surface area contributed by atoms with Crippen LogP contribution in [0.5, 0.6) is 5.75 Å². The van der Waals surface area contributed by atoms with Crippen LogP contribution in [0.3, 0.4) is 0 Å². The van der Waals surface area contributed by atoms with Crippen molar-refractivity contribution >= 4 is 38.6 Å². The lowest BCUT2D eigenvalue weighted by Gasteiger charge is -2.12. The molecule has 0 saturated heterocycles.